The quantitative estimate of drug-likeness (QED) is 0.819. The van der Waals surface area contributed by atoms with E-state index < -0.39 is 0 Å². The smallest absolute Gasteiger partial charge is 0.136 e. The molecule has 0 aliphatic carbocycles. The summed E-state index contributed by atoms with van der Waals surface area (Å²) in [5.74, 6) is 2.65. The molecule has 2 aromatic rings. The highest BCUT2D eigenvalue weighted by Gasteiger charge is 2.09. The van der Waals surface area contributed by atoms with Gasteiger partial charge >= 0.3 is 0 Å². The minimum absolute atomic E-state index is 0.796. The number of hydrogen-bond donors (Lipinski definition) is 1. The summed E-state index contributed by atoms with van der Waals surface area (Å²) < 4.78 is 0. The molecule has 22 heavy (non-hydrogen) atoms. The maximum atomic E-state index is 4.60. The fraction of sp³-hybridized carbons (Fsp3) is 0.444. The van der Waals surface area contributed by atoms with Gasteiger partial charge in [-0.15, -0.1) is 0 Å². The Balaban J connectivity index is 2.23. The lowest BCUT2D eigenvalue weighted by atomic mass is 10.2. The number of aryl methyl sites for hydroxylation is 2. The number of nitrogens with one attached hydrogen (secondary N) is 1. The summed E-state index contributed by atoms with van der Waals surface area (Å²) in [5, 5.41) is 3.37. The van der Waals surface area contributed by atoms with Crippen molar-refractivity contribution >= 4 is 17.3 Å². The third kappa shape index (κ3) is 4.45. The molecule has 1 N–H and O–H groups in total. The van der Waals surface area contributed by atoms with Crippen LogP contribution in [0.2, 0.25) is 0 Å². The molecule has 0 unspecified atom stereocenters. The van der Waals surface area contributed by atoms with E-state index in [1.165, 1.54) is 5.56 Å². The first-order valence-corrected chi connectivity index (χ1v) is 8.06. The van der Waals surface area contributed by atoms with E-state index >= 15 is 0 Å². The molecule has 1 aromatic carbocycles. The highest BCUT2D eigenvalue weighted by Crippen LogP contribution is 2.20. The van der Waals surface area contributed by atoms with Crippen molar-refractivity contribution in [1.29, 1.82) is 0 Å². The largest absolute Gasteiger partial charge is 0.356 e. The van der Waals surface area contributed by atoms with Crippen LogP contribution in [0.25, 0.3) is 0 Å². The average molecular weight is 298 g/mol. The molecule has 4 nitrogen and oxygen atoms in total. The van der Waals surface area contributed by atoms with Gasteiger partial charge in [0.05, 0.1) is 0 Å². The lowest BCUT2D eigenvalue weighted by molar-refractivity contribution is 0.730. The van der Waals surface area contributed by atoms with E-state index in [4.69, 9.17) is 0 Å². The second-order valence-electron chi connectivity index (χ2n) is 5.64. The summed E-state index contributed by atoms with van der Waals surface area (Å²) in [5.41, 5.74) is 2.30. The van der Waals surface area contributed by atoms with Gasteiger partial charge in [0.15, 0.2) is 0 Å². The molecule has 0 atom stereocenters. The Bertz CT molecular complexity index is 587. The molecular weight excluding hydrogens is 272 g/mol. The number of anilines is 3. The van der Waals surface area contributed by atoms with Crippen molar-refractivity contribution in [3.05, 3.63) is 41.7 Å². The van der Waals surface area contributed by atoms with Crippen molar-refractivity contribution in [3.63, 3.8) is 0 Å². The molecule has 0 aliphatic heterocycles. The standard InChI is InChI=1S/C18H26N4/c1-5-11-22(12-6-2)18-13-17(19-15(4)20-18)21-16-9-7-14(3)8-10-16/h7-10,13H,5-6,11-12H2,1-4H3,(H,19,20,21). The second-order valence-corrected chi connectivity index (χ2v) is 5.64. The van der Waals surface area contributed by atoms with Crippen LogP contribution in [0.1, 0.15) is 38.1 Å². The maximum absolute atomic E-state index is 4.60. The Kier molecular flexibility index (Phi) is 5.75. The fourth-order valence-corrected chi connectivity index (χ4v) is 2.44. The molecule has 4 heteroatoms. The van der Waals surface area contributed by atoms with Gasteiger partial charge in [-0.05, 0) is 38.8 Å². The van der Waals surface area contributed by atoms with E-state index in [0.717, 1.165) is 49.1 Å². The van der Waals surface area contributed by atoms with Crippen LogP contribution in [0.4, 0.5) is 17.3 Å². The normalized spacial score (nSPS) is 10.5. The van der Waals surface area contributed by atoms with E-state index in [2.05, 4.69) is 65.2 Å². The Morgan fingerprint density at radius 2 is 1.59 bits per heavy atom. The fourth-order valence-electron chi connectivity index (χ4n) is 2.44. The van der Waals surface area contributed by atoms with Gasteiger partial charge in [0.25, 0.3) is 0 Å². The third-order valence-electron chi connectivity index (χ3n) is 3.46. The number of nitrogens with zero attached hydrogens (tertiary/aromatic N) is 3. The van der Waals surface area contributed by atoms with Crippen molar-refractivity contribution in [1.82, 2.24) is 9.97 Å². The van der Waals surface area contributed by atoms with Crippen molar-refractivity contribution in [2.24, 2.45) is 0 Å². The van der Waals surface area contributed by atoms with Gasteiger partial charge in [-0.2, -0.15) is 0 Å². The average Bonchev–Trinajstić information content (AvgIpc) is 2.49. The predicted molar refractivity (Wildman–Crippen MR) is 94.0 cm³/mol. The summed E-state index contributed by atoms with van der Waals surface area (Å²) in [4.78, 5) is 11.4. The number of rotatable bonds is 7. The van der Waals surface area contributed by atoms with Crippen molar-refractivity contribution < 1.29 is 0 Å². The highest BCUT2D eigenvalue weighted by atomic mass is 15.2. The molecule has 118 valence electrons. The molecule has 0 saturated heterocycles. The summed E-state index contributed by atoms with van der Waals surface area (Å²) in [6.07, 6.45) is 2.23. The van der Waals surface area contributed by atoms with Crippen LogP contribution >= 0.6 is 0 Å². The van der Waals surface area contributed by atoms with E-state index in [9.17, 15) is 0 Å². The Morgan fingerprint density at radius 3 is 2.18 bits per heavy atom. The van der Waals surface area contributed by atoms with Gasteiger partial charge in [0.1, 0.15) is 17.5 Å². The molecule has 0 aliphatic rings. The van der Waals surface area contributed by atoms with Crippen molar-refractivity contribution in [3.8, 4) is 0 Å². The van der Waals surface area contributed by atoms with E-state index in [1.807, 2.05) is 13.0 Å². The minimum Gasteiger partial charge on any atom is -0.356 e. The zero-order valence-electron chi connectivity index (χ0n) is 14.1. The SMILES string of the molecule is CCCN(CCC)c1cc(Nc2ccc(C)cc2)nc(C)n1. The van der Waals surface area contributed by atoms with Crippen molar-refractivity contribution in [2.75, 3.05) is 23.3 Å². The summed E-state index contributed by atoms with van der Waals surface area (Å²) in [6, 6.07) is 10.4. The zero-order valence-corrected chi connectivity index (χ0v) is 14.1. The first-order chi connectivity index (χ1) is 10.6. The highest BCUT2D eigenvalue weighted by molar-refractivity contribution is 5.60. The molecule has 0 bridgehead atoms. The molecule has 1 aromatic heterocycles. The number of hydrogen-bond acceptors (Lipinski definition) is 4. The Hall–Kier alpha value is -2.10. The van der Waals surface area contributed by atoms with Gasteiger partial charge in [-0.25, -0.2) is 9.97 Å². The van der Waals surface area contributed by atoms with Crippen LogP contribution in [-0.2, 0) is 0 Å². The molecule has 0 radical (unpaired) electrons. The van der Waals surface area contributed by atoms with E-state index in [-0.39, 0.29) is 0 Å². The first kappa shape index (κ1) is 16.3. The predicted octanol–water partition coefficient (Wildman–Crippen LogP) is 4.46. The second kappa shape index (κ2) is 7.78. The minimum atomic E-state index is 0.796. The Morgan fingerprint density at radius 1 is 0.955 bits per heavy atom. The van der Waals surface area contributed by atoms with Crippen LogP contribution in [0, 0.1) is 13.8 Å². The molecule has 0 saturated carbocycles. The van der Waals surface area contributed by atoms with E-state index in [0.29, 0.717) is 0 Å². The van der Waals surface area contributed by atoms with Crippen LogP contribution in [0.15, 0.2) is 30.3 Å². The summed E-state index contributed by atoms with van der Waals surface area (Å²) >= 11 is 0. The summed E-state index contributed by atoms with van der Waals surface area (Å²) in [7, 11) is 0. The van der Waals surface area contributed by atoms with Gasteiger partial charge < -0.3 is 10.2 Å². The molecule has 0 amide bonds. The number of aromatic nitrogens is 2. The van der Waals surface area contributed by atoms with Gasteiger partial charge in [-0.1, -0.05) is 31.5 Å². The number of benzene rings is 1. The summed E-state index contributed by atoms with van der Waals surface area (Å²) in [6.45, 7) is 10.5. The van der Waals surface area contributed by atoms with Crippen molar-refractivity contribution in [2.45, 2.75) is 40.5 Å². The molecule has 0 spiro atoms. The van der Waals surface area contributed by atoms with E-state index in [1.54, 1.807) is 0 Å². The molecular formula is C18H26N4. The van der Waals surface area contributed by atoms with Gasteiger partial charge in [0.2, 0.25) is 0 Å². The molecule has 2 rings (SSSR count). The molecule has 0 fully saturated rings. The monoisotopic (exact) mass is 298 g/mol. The topological polar surface area (TPSA) is 41.0 Å². The Labute approximate surface area is 133 Å². The van der Waals surface area contributed by atoms with Crippen LogP contribution in [0.5, 0.6) is 0 Å². The lowest BCUT2D eigenvalue weighted by Gasteiger charge is -2.23. The lowest BCUT2D eigenvalue weighted by Crippen LogP contribution is -2.26. The molecule has 1 heterocycles. The van der Waals surface area contributed by atoms with Crippen LogP contribution < -0.4 is 10.2 Å². The first-order valence-electron chi connectivity index (χ1n) is 8.06. The van der Waals surface area contributed by atoms with Crippen LogP contribution in [-0.4, -0.2) is 23.1 Å². The maximum Gasteiger partial charge on any atom is 0.136 e. The van der Waals surface area contributed by atoms with Gasteiger partial charge in [-0.3, -0.25) is 0 Å². The van der Waals surface area contributed by atoms with Crippen LogP contribution in [0.3, 0.4) is 0 Å². The zero-order chi connectivity index (χ0) is 15.9. The third-order valence-corrected chi connectivity index (χ3v) is 3.46. The van der Waals surface area contributed by atoms with Gasteiger partial charge in [0, 0.05) is 24.8 Å².